The molecule has 1 aliphatic carbocycles. The van der Waals surface area contributed by atoms with Crippen molar-refractivity contribution in [2.75, 3.05) is 7.11 Å². The highest BCUT2D eigenvalue weighted by Crippen LogP contribution is 2.68. The second kappa shape index (κ2) is 3.97. The van der Waals surface area contributed by atoms with E-state index in [0.717, 1.165) is 6.08 Å². The Labute approximate surface area is 97.5 Å². The monoisotopic (exact) mass is 226 g/mol. The van der Waals surface area contributed by atoms with Crippen molar-refractivity contribution >= 4 is 5.97 Å². The number of hydrogen-bond acceptors (Lipinski definition) is 6. The van der Waals surface area contributed by atoms with Crippen LogP contribution in [0.15, 0.2) is 12.2 Å². The van der Waals surface area contributed by atoms with Gasteiger partial charge >= 0.3 is 5.97 Å². The van der Waals surface area contributed by atoms with Crippen LogP contribution in [0.1, 0.15) is 0 Å². The van der Waals surface area contributed by atoms with E-state index in [4.69, 9.17) is 21.0 Å². The van der Waals surface area contributed by atoms with Crippen molar-refractivity contribution in [2.24, 2.45) is 16.7 Å². The van der Waals surface area contributed by atoms with E-state index in [1.165, 1.54) is 13.2 Å². The molecule has 1 fully saturated rings. The molecule has 0 unspecified atom stereocenters. The third kappa shape index (κ3) is 1.33. The van der Waals surface area contributed by atoms with Gasteiger partial charge in [0.2, 0.25) is 0 Å². The summed E-state index contributed by atoms with van der Waals surface area (Å²) in [5.74, 6) is -1.58. The molecule has 0 amide bonds. The van der Waals surface area contributed by atoms with Gasteiger partial charge in [-0.05, 0) is 0 Å². The van der Waals surface area contributed by atoms with E-state index in [2.05, 4.69) is 4.74 Å². The van der Waals surface area contributed by atoms with Gasteiger partial charge in [0.15, 0.2) is 10.8 Å². The van der Waals surface area contributed by atoms with Gasteiger partial charge in [-0.1, -0.05) is 6.08 Å². The molecule has 0 spiro atoms. The van der Waals surface area contributed by atoms with Crippen LogP contribution < -0.4 is 0 Å². The molecule has 0 aromatic carbocycles. The fourth-order valence-corrected chi connectivity index (χ4v) is 1.72. The maximum atomic E-state index is 10.9. The Morgan fingerprint density at radius 3 is 1.82 bits per heavy atom. The molecule has 1 saturated carbocycles. The molecule has 0 atom stereocenters. The van der Waals surface area contributed by atoms with Crippen molar-refractivity contribution < 1.29 is 9.53 Å². The molecule has 0 aliphatic heterocycles. The summed E-state index contributed by atoms with van der Waals surface area (Å²) in [5, 5.41) is 35.7. The van der Waals surface area contributed by atoms with Crippen LogP contribution in [-0.2, 0) is 9.53 Å². The summed E-state index contributed by atoms with van der Waals surface area (Å²) in [6.07, 6.45) is 2.20. The van der Waals surface area contributed by atoms with E-state index in [1.54, 1.807) is 24.3 Å². The van der Waals surface area contributed by atoms with E-state index < -0.39 is 22.7 Å². The van der Waals surface area contributed by atoms with Gasteiger partial charge in [0.25, 0.3) is 0 Å². The van der Waals surface area contributed by atoms with Gasteiger partial charge < -0.3 is 4.74 Å². The van der Waals surface area contributed by atoms with Gasteiger partial charge in [0, 0.05) is 12.0 Å². The molecule has 0 radical (unpaired) electrons. The maximum Gasteiger partial charge on any atom is 0.330 e. The highest BCUT2D eigenvalue weighted by atomic mass is 16.5. The Kier molecular flexibility index (Phi) is 2.86. The minimum Gasteiger partial charge on any atom is -0.466 e. The normalized spacial score (nSPS) is 19.4. The first kappa shape index (κ1) is 12.2. The number of esters is 1. The summed E-state index contributed by atoms with van der Waals surface area (Å²) in [5.41, 5.74) is -3.41. The number of nitrogens with zero attached hydrogens (tertiary/aromatic N) is 4. The van der Waals surface area contributed by atoms with Crippen molar-refractivity contribution in [1.29, 1.82) is 21.0 Å². The molecule has 17 heavy (non-hydrogen) atoms. The van der Waals surface area contributed by atoms with Gasteiger partial charge in [0.1, 0.15) is 0 Å². The standard InChI is InChI=1S/C11H6N4O2/c1-17-9(16)3-2-8-10(4-12,5-13)11(8,6-14)7-15/h2-3,8H,1H3/b3-2-. The summed E-state index contributed by atoms with van der Waals surface area (Å²) in [7, 11) is 1.17. The Hall–Kier alpha value is -2.83. The molecule has 0 aromatic heterocycles. The Morgan fingerprint density at radius 2 is 1.53 bits per heavy atom. The average molecular weight is 226 g/mol. The third-order valence-corrected chi connectivity index (χ3v) is 2.80. The third-order valence-electron chi connectivity index (χ3n) is 2.80. The largest absolute Gasteiger partial charge is 0.466 e. The van der Waals surface area contributed by atoms with Crippen LogP contribution in [0.5, 0.6) is 0 Å². The number of hydrogen-bond donors (Lipinski definition) is 0. The summed E-state index contributed by atoms with van der Waals surface area (Å²) in [6.45, 7) is 0. The van der Waals surface area contributed by atoms with E-state index in [9.17, 15) is 4.79 Å². The molecule has 1 aliphatic rings. The molecule has 0 N–H and O–H groups in total. The predicted octanol–water partition coefficient (Wildman–Crippen LogP) is 0.413. The first-order valence-corrected chi connectivity index (χ1v) is 4.49. The van der Waals surface area contributed by atoms with E-state index in [0.29, 0.717) is 0 Å². The molecule has 0 saturated heterocycles. The number of ether oxygens (including phenoxy) is 1. The molecule has 0 heterocycles. The first-order chi connectivity index (χ1) is 8.08. The molecule has 0 bridgehead atoms. The van der Waals surface area contributed by atoms with Crippen LogP contribution in [0.2, 0.25) is 0 Å². The topological polar surface area (TPSA) is 121 Å². The van der Waals surface area contributed by atoms with E-state index in [-0.39, 0.29) is 0 Å². The van der Waals surface area contributed by atoms with Gasteiger partial charge in [-0.25, -0.2) is 4.79 Å². The second-order valence-electron chi connectivity index (χ2n) is 3.42. The van der Waals surface area contributed by atoms with Crippen molar-refractivity contribution in [3.63, 3.8) is 0 Å². The van der Waals surface area contributed by atoms with Crippen LogP contribution in [0, 0.1) is 62.1 Å². The lowest BCUT2D eigenvalue weighted by atomic mass is 9.98. The fraction of sp³-hybridized carbons (Fsp3) is 0.364. The number of methoxy groups -OCH3 is 1. The molecular weight excluding hydrogens is 220 g/mol. The smallest absolute Gasteiger partial charge is 0.330 e. The van der Waals surface area contributed by atoms with Gasteiger partial charge in [-0.3, -0.25) is 0 Å². The quantitative estimate of drug-likeness (QED) is 0.496. The summed E-state index contributed by atoms with van der Waals surface area (Å²) < 4.78 is 4.34. The van der Waals surface area contributed by atoms with Crippen LogP contribution in [0.4, 0.5) is 0 Å². The van der Waals surface area contributed by atoms with Crippen molar-refractivity contribution in [3.05, 3.63) is 12.2 Å². The lowest BCUT2D eigenvalue weighted by molar-refractivity contribution is -0.134. The molecule has 6 nitrogen and oxygen atoms in total. The number of nitriles is 4. The minimum atomic E-state index is -1.71. The van der Waals surface area contributed by atoms with Crippen molar-refractivity contribution in [1.82, 2.24) is 0 Å². The maximum absolute atomic E-state index is 10.9. The molecule has 0 aromatic rings. The van der Waals surface area contributed by atoms with Crippen LogP contribution in [-0.4, -0.2) is 13.1 Å². The lowest BCUT2D eigenvalue weighted by Gasteiger charge is -1.92. The predicted molar refractivity (Wildman–Crippen MR) is 52.0 cm³/mol. The Balaban J connectivity index is 3.14. The lowest BCUT2D eigenvalue weighted by Crippen LogP contribution is -2.05. The van der Waals surface area contributed by atoms with Crippen LogP contribution in [0.3, 0.4) is 0 Å². The second-order valence-corrected chi connectivity index (χ2v) is 3.42. The summed E-state index contributed by atoms with van der Waals surface area (Å²) in [6, 6.07) is 6.71. The van der Waals surface area contributed by atoms with E-state index >= 15 is 0 Å². The number of carbonyl (C=O) groups is 1. The molecule has 6 heteroatoms. The van der Waals surface area contributed by atoms with Crippen LogP contribution in [0.25, 0.3) is 0 Å². The molecule has 1 rings (SSSR count). The highest BCUT2D eigenvalue weighted by Gasteiger charge is 2.80. The SMILES string of the molecule is COC(=O)/C=C\C1C(C#N)(C#N)C1(C#N)C#N. The minimum absolute atomic E-state index is 0.675. The van der Waals surface area contributed by atoms with Crippen LogP contribution >= 0.6 is 0 Å². The highest BCUT2D eigenvalue weighted by molar-refractivity contribution is 5.82. The number of allylic oxidation sites excluding steroid dienone is 1. The summed E-state index contributed by atoms with van der Waals surface area (Å²) >= 11 is 0. The summed E-state index contributed by atoms with van der Waals surface area (Å²) in [4.78, 5) is 10.9. The Morgan fingerprint density at radius 1 is 1.12 bits per heavy atom. The number of rotatable bonds is 2. The van der Waals surface area contributed by atoms with Crippen molar-refractivity contribution in [2.45, 2.75) is 0 Å². The zero-order chi connectivity index (χ0) is 13.1. The number of carbonyl (C=O) groups excluding carboxylic acids is 1. The van der Waals surface area contributed by atoms with Gasteiger partial charge in [0.05, 0.1) is 31.4 Å². The van der Waals surface area contributed by atoms with Gasteiger partial charge in [-0.15, -0.1) is 0 Å². The molecule has 82 valence electrons. The fourth-order valence-electron chi connectivity index (χ4n) is 1.72. The zero-order valence-electron chi connectivity index (χ0n) is 8.84. The first-order valence-electron chi connectivity index (χ1n) is 4.49. The molecular formula is C11H6N4O2. The van der Waals surface area contributed by atoms with Gasteiger partial charge in [-0.2, -0.15) is 21.0 Å². The van der Waals surface area contributed by atoms with Crippen molar-refractivity contribution in [3.8, 4) is 24.3 Å². The zero-order valence-corrected chi connectivity index (χ0v) is 8.84. The Bertz CT molecular complexity index is 484. The van der Waals surface area contributed by atoms with E-state index in [1.807, 2.05) is 0 Å². The average Bonchev–Trinajstić information content (AvgIpc) is 2.97.